The Labute approximate surface area is 138 Å². The number of carboxylic acids is 1. The summed E-state index contributed by atoms with van der Waals surface area (Å²) in [6, 6.07) is -1.68. The van der Waals surface area contributed by atoms with E-state index in [0.29, 0.717) is 5.92 Å². The topological polar surface area (TPSA) is 113 Å². The van der Waals surface area contributed by atoms with Crippen LogP contribution >= 0.6 is 0 Å². The molecule has 1 saturated carbocycles. The lowest BCUT2D eigenvalue weighted by molar-refractivity contribution is -0.139. The second kappa shape index (κ2) is 7.45. The minimum atomic E-state index is -1.13. The van der Waals surface area contributed by atoms with Crippen molar-refractivity contribution in [3.8, 4) is 0 Å². The first-order valence-corrected chi connectivity index (χ1v) is 8.06. The standard InChI is InChI=1S/C17H30N2O4/c1-16(2)7-8-17(3,4)13(16)6-5-11(10-20)19-15(23)12(18)9-14(21)22/h5-6,11-13,20H,7-10,18H2,1-4H3,(H,19,23)(H,21,22)/t11?,12-/m0/s1. The van der Waals surface area contributed by atoms with Gasteiger partial charge in [-0.3, -0.25) is 9.59 Å². The molecule has 1 fully saturated rings. The summed E-state index contributed by atoms with van der Waals surface area (Å²) in [4.78, 5) is 22.4. The quantitative estimate of drug-likeness (QED) is 0.527. The van der Waals surface area contributed by atoms with Crippen molar-refractivity contribution in [1.82, 2.24) is 5.32 Å². The molecule has 2 atom stereocenters. The summed E-state index contributed by atoms with van der Waals surface area (Å²) in [5.74, 6) is -1.35. The van der Waals surface area contributed by atoms with E-state index in [9.17, 15) is 14.7 Å². The molecule has 0 aromatic heterocycles. The van der Waals surface area contributed by atoms with E-state index in [2.05, 4.69) is 39.1 Å². The third-order valence-corrected chi connectivity index (χ3v) is 4.89. The average Bonchev–Trinajstić information content (AvgIpc) is 2.63. The van der Waals surface area contributed by atoms with Gasteiger partial charge in [0.15, 0.2) is 0 Å². The molecular formula is C17H30N2O4. The largest absolute Gasteiger partial charge is 0.481 e. The third kappa shape index (κ3) is 5.32. The molecule has 132 valence electrons. The van der Waals surface area contributed by atoms with Crippen molar-refractivity contribution in [2.75, 3.05) is 6.61 Å². The number of rotatable bonds is 7. The molecule has 0 saturated heterocycles. The van der Waals surface area contributed by atoms with Crippen LogP contribution in [0.5, 0.6) is 0 Å². The number of carbonyl (C=O) groups is 2. The number of aliphatic carboxylic acids is 1. The summed E-state index contributed by atoms with van der Waals surface area (Å²) in [7, 11) is 0. The fraction of sp³-hybridized carbons (Fsp3) is 0.765. The first kappa shape index (κ1) is 19.6. The molecule has 1 aliphatic rings. The van der Waals surface area contributed by atoms with Gasteiger partial charge in [-0.2, -0.15) is 0 Å². The van der Waals surface area contributed by atoms with Crippen LogP contribution in [-0.4, -0.2) is 40.8 Å². The van der Waals surface area contributed by atoms with Crippen LogP contribution in [-0.2, 0) is 9.59 Å². The van der Waals surface area contributed by atoms with Gasteiger partial charge in [0.05, 0.1) is 25.1 Å². The maximum atomic E-state index is 11.9. The van der Waals surface area contributed by atoms with Crippen molar-refractivity contribution >= 4 is 11.9 Å². The number of aliphatic hydroxyl groups excluding tert-OH is 1. The molecule has 1 aliphatic carbocycles. The molecule has 0 aromatic rings. The molecule has 0 spiro atoms. The molecule has 0 heterocycles. The van der Waals surface area contributed by atoms with E-state index in [4.69, 9.17) is 10.8 Å². The molecule has 1 unspecified atom stereocenters. The minimum absolute atomic E-state index is 0.170. The Morgan fingerprint density at radius 1 is 1.26 bits per heavy atom. The highest BCUT2D eigenvalue weighted by molar-refractivity contribution is 5.86. The van der Waals surface area contributed by atoms with Crippen molar-refractivity contribution < 1.29 is 19.8 Å². The lowest BCUT2D eigenvalue weighted by Crippen LogP contribution is -2.47. The zero-order valence-corrected chi connectivity index (χ0v) is 14.5. The van der Waals surface area contributed by atoms with Crippen LogP contribution in [0, 0.1) is 16.7 Å². The number of aliphatic hydroxyl groups is 1. The SMILES string of the molecule is CC1(C)CCC(C)(C)C1C=CC(CO)NC(=O)[C@@H](N)CC(=O)O. The van der Waals surface area contributed by atoms with Crippen LogP contribution in [0.3, 0.4) is 0 Å². The molecule has 6 heteroatoms. The fourth-order valence-corrected chi connectivity index (χ4v) is 3.50. The van der Waals surface area contributed by atoms with Crippen LogP contribution in [0.1, 0.15) is 47.0 Å². The summed E-state index contributed by atoms with van der Waals surface area (Å²) >= 11 is 0. The number of amides is 1. The molecule has 5 N–H and O–H groups in total. The number of carboxylic acid groups (broad SMARTS) is 1. The van der Waals surface area contributed by atoms with Crippen molar-refractivity contribution in [2.45, 2.75) is 59.0 Å². The normalized spacial score (nSPS) is 22.9. The summed E-state index contributed by atoms with van der Waals surface area (Å²) in [6.45, 7) is 8.66. The van der Waals surface area contributed by atoms with Crippen molar-refractivity contribution in [1.29, 1.82) is 0 Å². The lowest BCUT2D eigenvalue weighted by Gasteiger charge is -2.33. The summed E-state index contributed by atoms with van der Waals surface area (Å²) in [5, 5.41) is 20.7. The Morgan fingerprint density at radius 2 is 1.78 bits per heavy atom. The van der Waals surface area contributed by atoms with Crippen LogP contribution in [0.25, 0.3) is 0 Å². The number of nitrogens with two attached hydrogens (primary N) is 1. The second-order valence-corrected chi connectivity index (χ2v) is 7.84. The van der Waals surface area contributed by atoms with Crippen molar-refractivity contribution in [3.63, 3.8) is 0 Å². The van der Waals surface area contributed by atoms with E-state index in [-0.39, 0.29) is 17.4 Å². The van der Waals surface area contributed by atoms with Gasteiger partial charge in [-0.15, -0.1) is 0 Å². The number of hydrogen-bond acceptors (Lipinski definition) is 4. The molecular weight excluding hydrogens is 296 g/mol. The monoisotopic (exact) mass is 326 g/mol. The Morgan fingerprint density at radius 3 is 2.22 bits per heavy atom. The molecule has 0 bridgehead atoms. The van der Waals surface area contributed by atoms with Crippen LogP contribution in [0.4, 0.5) is 0 Å². The van der Waals surface area contributed by atoms with Gasteiger partial charge < -0.3 is 21.3 Å². The Balaban J connectivity index is 2.72. The summed E-state index contributed by atoms with van der Waals surface area (Å²) in [5.41, 5.74) is 5.87. The zero-order valence-electron chi connectivity index (χ0n) is 14.5. The minimum Gasteiger partial charge on any atom is -0.481 e. The molecule has 0 aliphatic heterocycles. The fourth-order valence-electron chi connectivity index (χ4n) is 3.50. The molecule has 1 rings (SSSR count). The maximum absolute atomic E-state index is 11.9. The number of allylic oxidation sites excluding steroid dienone is 1. The average molecular weight is 326 g/mol. The van der Waals surface area contributed by atoms with Gasteiger partial charge in [0.2, 0.25) is 5.91 Å². The van der Waals surface area contributed by atoms with Gasteiger partial charge in [-0.1, -0.05) is 39.8 Å². The molecule has 0 aromatic carbocycles. The van der Waals surface area contributed by atoms with Gasteiger partial charge in [-0.05, 0) is 29.6 Å². The van der Waals surface area contributed by atoms with Gasteiger partial charge in [-0.25, -0.2) is 0 Å². The van der Waals surface area contributed by atoms with E-state index < -0.39 is 30.4 Å². The predicted octanol–water partition coefficient (Wildman–Crippen LogP) is 1.28. The van der Waals surface area contributed by atoms with Crippen LogP contribution in [0.15, 0.2) is 12.2 Å². The van der Waals surface area contributed by atoms with E-state index in [1.54, 1.807) is 6.08 Å². The Kier molecular flexibility index (Phi) is 6.36. The zero-order chi connectivity index (χ0) is 17.8. The van der Waals surface area contributed by atoms with Gasteiger partial charge in [0.25, 0.3) is 0 Å². The molecule has 6 nitrogen and oxygen atoms in total. The molecule has 1 amide bonds. The van der Waals surface area contributed by atoms with Gasteiger partial charge in [0, 0.05) is 0 Å². The lowest BCUT2D eigenvalue weighted by atomic mass is 9.72. The van der Waals surface area contributed by atoms with Crippen LogP contribution in [0.2, 0.25) is 0 Å². The van der Waals surface area contributed by atoms with Gasteiger partial charge in [0.1, 0.15) is 0 Å². The van der Waals surface area contributed by atoms with Crippen molar-refractivity contribution in [2.24, 2.45) is 22.5 Å². The first-order chi connectivity index (χ1) is 10.5. The van der Waals surface area contributed by atoms with Gasteiger partial charge >= 0.3 is 5.97 Å². The Bertz CT molecular complexity index is 455. The van der Waals surface area contributed by atoms with E-state index in [1.165, 1.54) is 0 Å². The highest BCUT2D eigenvalue weighted by Crippen LogP contribution is 2.54. The highest BCUT2D eigenvalue weighted by Gasteiger charge is 2.45. The number of carbonyl (C=O) groups excluding carboxylic acids is 1. The smallest absolute Gasteiger partial charge is 0.305 e. The first-order valence-electron chi connectivity index (χ1n) is 8.06. The summed E-state index contributed by atoms with van der Waals surface area (Å²) in [6.07, 6.45) is 5.70. The summed E-state index contributed by atoms with van der Waals surface area (Å²) < 4.78 is 0. The van der Waals surface area contributed by atoms with E-state index >= 15 is 0 Å². The highest BCUT2D eigenvalue weighted by atomic mass is 16.4. The number of hydrogen-bond donors (Lipinski definition) is 4. The number of nitrogens with one attached hydrogen (secondary N) is 1. The van der Waals surface area contributed by atoms with E-state index in [0.717, 1.165) is 12.8 Å². The second-order valence-electron chi connectivity index (χ2n) is 7.84. The van der Waals surface area contributed by atoms with Crippen LogP contribution < -0.4 is 11.1 Å². The molecule has 23 heavy (non-hydrogen) atoms. The third-order valence-electron chi connectivity index (χ3n) is 4.89. The van der Waals surface area contributed by atoms with Crippen molar-refractivity contribution in [3.05, 3.63) is 12.2 Å². The predicted molar refractivity (Wildman–Crippen MR) is 88.7 cm³/mol. The maximum Gasteiger partial charge on any atom is 0.305 e. The molecule has 0 radical (unpaired) electrons. The Hall–Kier alpha value is -1.40. The van der Waals surface area contributed by atoms with E-state index in [1.807, 2.05) is 0 Å².